The van der Waals surface area contributed by atoms with E-state index in [4.69, 9.17) is 5.73 Å². The summed E-state index contributed by atoms with van der Waals surface area (Å²) in [5, 5.41) is 0. The Bertz CT molecular complexity index is 455. The van der Waals surface area contributed by atoms with Crippen molar-refractivity contribution < 1.29 is 13.2 Å². The first-order chi connectivity index (χ1) is 6.38. The van der Waals surface area contributed by atoms with E-state index in [1.807, 2.05) is 0 Å². The van der Waals surface area contributed by atoms with Gasteiger partial charge in [0.05, 0.1) is 6.26 Å². The predicted molar refractivity (Wildman–Crippen MR) is 51.2 cm³/mol. The van der Waals surface area contributed by atoms with E-state index in [1.54, 1.807) is 0 Å². The summed E-state index contributed by atoms with van der Waals surface area (Å²) >= 11 is 0. The highest BCUT2D eigenvalue weighted by atomic mass is 32.2. The largest absolute Gasteiger partial charge is 0.366 e. The summed E-state index contributed by atoms with van der Waals surface area (Å²) in [6, 6.07) is 2.67. The fourth-order valence-corrected chi connectivity index (χ4v) is 1.32. The van der Waals surface area contributed by atoms with Crippen LogP contribution in [0.15, 0.2) is 18.3 Å². The van der Waals surface area contributed by atoms with E-state index in [0.29, 0.717) is 0 Å². The smallest absolute Gasteiger partial charge is 0.248 e. The Morgan fingerprint density at radius 1 is 1.57 bits per heavy atom. The number of nitrogens with one attached hydrogen (secondary N) is 1. The van der Waals surface area contributed by atoms with Crippen LogP contribution in [0.25, 0.3) is 0 Å². The fourth-order valence-electron chi connectivity index (χ4n) is 0.830. The quantitative estimate of drug-likeness (QED) is 0.712. The first-order valence-electron chi connectivity index (χ1n) is 3.62. The lowest BCUT2D eigenvalue weighted by Crippen LogP contribution is -2.14. The maximum atomic E-state index is 10.8. The van der Waals surface area contributed by atoms with Crippen molar-refractivity contribution >= 4 is 21.7 Å². The molecule has 0 unspecified atom stereocenters. The van der Waals surface area contributed by atoms with E-state index >= 15 is 0 Å². The summed E-state index contributed by atoms with van der Waals surface area (Å²) in [4.78, 5) is 14.4. The maximum Gasteiger partial charge on any atom is 0.248 e. The van der Waals surface area contributed by atoms with Gasteiger partial charge in [-0.2, -0.15) is 0 Å². The van der Waals surface area contributed by atoms with Crippen molar-refractivity contribution in [2.45, 2.75) is 0 Å². The molecule has 0 aliphatic heterocycles. The zero-order valence-electron chi connectivity index (χ0n) is 7.39. The third kappa shape index (κ3) is 3.02. The van der Waals surface area contributed by atoms with Crippen molar-refractivity contribution in [1.29, 1.82) is 0 Å². The van der Waals surface area contributed by atoms with E-state index in [0.717, 1.165) is 6.26 Å². The van der Waals surface area contributed by atoms with Crippen LogP contribution in [0.4, 0.5) is 5.82 Å². The van der Waals surface area contributed by atoms with E-state index in [9.17, 15) is 13.2 Å². The highest BCUT2D eigenvalue weighted by molar-refractivity contribution is 7.92. The van der Waals surface area contributed by atoms with Gasteiger partial charge in [-0.1, -0.05) is 0 Å². The number of pyridine rings is 1. The van der Waals surface area contributed by atoms with Gasteiger partial charge in [-0.15, -0.1) is 0 Å². The number of amides is 1. The molecule has 0 bridgehead atoms. The molecule has 0 aliphatic rings. The van der Waals surface area contributed by atoms with Crippen molar-refractivity contribution in [1.82, 2.24) is 4.98 Å². The zero-order chi connectivity index (χ0) is 10.8. The predicted octanol–water partition coefficient (Wildman–Crippen LogP) is -0.448. The highest BCUT2D eigenvalue weighted by Crippen LogP contribution is 2.07. The fraction of sp³-hybridized carbons (Fsp3) is 0.143. The van der Waals surface area contributed by atoms with E-state index in [2.05, 4.69) is 9.71 Å². The van der Waals surface area contributed by atoms with Crippen molar-refractivity contribution in [3.8, 4) is 0 Å². The van der Waals surface area contributed by atoms with Crippen LogP contribution in [0.3, 0.4) is 0 Å². The van der Waals surface area contributed by atoms with Gasteiger partial charge >= 0.3 is 0 Å². The van der Waals surface area contributed by atoms with E-state index in [-0.39, 0.29) is 11.4 Å². The Morgan fingerprint density at radius 3 is 2.71 bits per heavy atom. The summed E-state index contributed by atoms with van der Waals surface area (Å²) < 4.78 is 23.8. The monoisotopic (exact) mass is 215 g/mol. The summed E-state index contributed by atoms with van der Waals surface area (Å²) in [6.45, 7) is 0. The lowest BCUT2D eigenvalue weighted by atomic mass is 10.2. The molecule has 1 amide bonds. The average Bonchev–Trinajstić information content (AvgIpc) is 2.01. The number of nitrogens with two attached hydrogens (primary N) is 1. The number of carbonyl (C=O) groups excluding carboxylic acids is 1. The number of rotatable bonds is 3. The van der Waals surface area contributed by atoms with Gasteiger partial charge in [0.15, 0.2) is 0 Å². The van der Waals surface area contributed by atoms with Gasteiger partial charge < -0.3 is 5.73 Å². The number of carbonyl (C=O) groups is 1. The Balaban J connectivity index is 3.01. The molecule has 0 atom stereocenters. The minimum absolute atomic E-state index is 0.0730. The molecular formula is C7H9N3O3S. The summed E-state index contributed by atoms with van der Waals surface area (Å²) in [5.41, 5.74) is 5.20. The van der Waals surface area contributed by atoms with E-state index in [1.165, 1.54) is 18.3 Å². The molecular weight excluding hydrogens is 206 g/mol. The number of sulfonamides is 1. The SMILES string of the molecule is CS(=O)(=O)Nc1cc(C(N)=O)ccn1. The van der Waals surface area contributed by atoms with Crippen LogP contribution in [-0.2, 0) is 10.0 Å². The summed E-state index contributed by atoms with van der Waals surface area (Å²) in [6.07, 6.45) is 2.29. The zero-order valence-corrected chi connectivity index (χ0v) is 8.21. The minimum Gasteiger partial charge on any atom is -0.366 e. The molecule has 1 aromatic rings. The topological polar surface area (TPSA) is 102 Å². The van der Waals surface area contributed by atoms with Crippen LogP contribution in [0, 0.1) is 0 Å². The maximum absolute atomic E-state index is 10.8. The second kappa shape index (κ2) is 3.62. The third-order valence-electron chi connectivity index (χ3n) is 1.33. The Morgan fingerprint density at radius 2 is 2.21 bits per heavy atom. The van der Waals surface area contributed by atoms with Crippen LogP contribution < -0.4 is 10.5 Å². The minimum atomic E-state index is -3.38. The lowest BCUT2D eigenvalue weighted by Gasteiger charge is -2.02. The average molecular weight is 215 g/mol. The van der Waals surface area contributed by atoms with Gasteiger partial charge in [-0.05, 0) is 12.1 Å². The number of anilines is 1. The molecule has 1 heterocycles. The van der Waals surface area contributed by atoms with Gasteiger partial charge in [0.1, 0.15) is 5.82 Å². The molecule has 1 rings (SSSR count). The van der Waals surface area contributed by atoms with Gasteiger partial charge in [-0.3, -0.25) is 9.52 Å². The van der Waals surface area contributed by atoms with Crippen molar-refractivity contribution in [2.75, 3.05) is 11.0 Å². The van der Waals surface area contributed by atoms with Gasteiger partial charge in [-0.25, -0.2) is 13.4 Å². The second-order valence-corrected chi connectivity index (χ2v) is 4.42. The lowest BCUT2D eigenvalue weighted by molar-refractivity contribution is 0.1000. The number of hydrogen-bond acceptors (Lipinski definition) is 4. The number of primary amides is 1. The van der Waals surface area contributed by atoms with Crippen molar-refractivity contribution in [2.24, 2.45) is 5.73 Å². The first kappa shape index (κ1) is 10.5. The Hall–Kier alpha value is -1.63. The summed E-state index contributed by atoms with van der Waals surface area (Å²) in [5.74, 6) is -0.562. The number of hydrogen-bond donors (Lipinski definition) is 2. The summed E-state index contributed by atoms with van der Waals surface area (Å²) in [7, 11) is -3.38. The van der Waals surface area contributed by atoms with Crippen LogP contribution >= 0.6 is 0 Å². The van der Waals surface area contributed by atoms with Crippen molar-refractivity contribution in [3.05, 3.63) is 23.9 Å². The second-order valence-electron chi connectivity index (χ2n) is 2.67. The molecule has 7 heteroatoms. The Kier molecular flexibility index (Phi) is 2.70. The molecule has 0 spiro atoms. The van der Waals surface area contributed by atoms with Crippen LogP contribution in [-0.4, -0.2) is 25.6 Å². The molecule has 76 valence electrons. The first-order valence-corrected chi connectivity index (χ1v) is 5.51. The van der Waals surface area contributed by atoms with Gasteiger partial charge in [0.25, 0.3) is 0 Å². The third-order valence-corrected chi connectivity index (χ3v) is 1.91. The molecule has 14 heavy (non-hydrogen) atoms. The highest BCUT2D eigenvalue weighted by Gasteiger charge is 2.05. The molecule has 0 fully saturated rings. The van der Waals surface area contributed by atoms with Crippen LogP contribution in [0.5, 0.6) is 0 Å². The number of nitrogens with zero attached hydrogens (tertiary/aromatic N) is 1. The molecule has 0 radical (unpaired) electrons. The standard InChI is InChI=1S/C7H9N3O3S/c1-14(12,13)10-6-4-5(7(8)11)2-3-9-6/h2-4H,1H3,(H2,8,11)(H,9,10). The molecule has 6 nitrogen and oxygen atoms in total. The van der Waals surface area contributed by atoms with Crippen molar-refractivity contribution in [3.63, 3.8) is 0 Å². The Labute approximate surface area is 81.2 Å². The molecule has 3 N–H and O–H groups in total. The number of aromatic nitrogens is 1. The van der Waals surface area contributed by atoms with Gasteiger partial charge in [0, 0.05) is 11.8 Å². The molecule has 0 saturated heterocycles. The normalized spacial score (nSPS) is 10.9. The molecule has 1 aromatic heterocycles. The molecule has 0 saturated carbocycles. The molecule has 0 aliphatic carbocycles. The van der Waals surface area contributed by atoms with E-state index < -0.39 is 15.9 Å². The van der Waals surface area contributed by atoms with Crippen LogP contribution in [0.1, 0.15) is 10.4 Å². The van der Waals surface area contributed by atoms with Crippen LogP contribution in [0.2, 0.25) is 0 Å². The molecule has 0 aromatic carbocycles. The van der Waals surface area contributed by atoms with Gasteiger partial charge in [0.2, 0.25) is 15.9 Å².